The van der Waals surface area contributed by atoms with Gasteiger partial charge in [0.05, 0.1) is 10.9 Å². The van der Waals surface area contributed by atoms with Gasteiger partial charge >= 0.3 is 0 Å². The SMILES string of the molecule is O=C(COc1ncnc2ccccc12)N1CCCC(CNS(=O)(=O)c2cccs2)C1. The molecule has 158 valence electrons. The number of nitrogens with zero attached hydrogens (tertiary/aromatic N) is 3. The number of sulfonamides is 1. The molecule has 1 aliphatic rings. The van der Waals surface area contributed by atoms with E-state index in [0.717, 1.165) is 23.7 Å². The van der Waals surface area contributed by atoms with Crippen molar-refractivity contribution in [3.8, 4) is 5.88 Å². The van der Waals surface area contributed by atoms with Crippen LogP contribution in [0.25, 0.3) is 10.9 Å². The van der Waals surface area contributed by atoms with Crippen molar-refractivity contribution in [2.75, 3.05) is 26.2 Å². The van der Waals surface area contributed by atoms with Crippen LogP contribution in [0.1, 0.15) is 12.8 Å². The third-order valence-electron chi connectivity index (χ3n) is 5.03. The van der Waals surface area contributed by atoms with Gasteiger partial charge in [0, 0.05) is 19.6 Å². The first-order valence-corrected chi connectivity index (χ1v) is 12.0. The highest BCUT2D eigenvalue weighted by Crippen LogP contribution is 2.22. The highest BCUT2D eigenvalue weighted by atomic mass is 32.2. The molecule has 1 aromatic carbocycles. The van der Waals surface area contributed by atoms with E-state index in [1.165, 1.54) is 17.7 Å². The highest BCUT2D eigenvalue weighted by Gasteiger charge is 2.26. The minimum absolute atomic E-state index is 0.0670. The summed E-state index contributed by atoms with van der Waals surface area (Å²) in [4.78, 5) is 22.7. The number of para-hydroxylation sites is 1. The molecule has 0 aliphatic carbocycles. The molecule has 0 radical (unpaired) electrons. The lowest BCUT2D eigenvalue weighted by Crippen LogP contribution is -2.45. The Labute approximate surface area is 179 Å². The molecule has 8 nitrogen and oxygen atoms in total. The number of thiophene rings is 1. The van der Waals surface area contributed by atoms with Crippen LogP contribution in [0.4, 0.5) is 0 Å². The number of nitrogens with one attached hydrogen (secondary N) is 1. The number of hydrogen-bond donors (Lipinski definition) is 1. The molecule has 1 atom stereocenters. The second-order valence-corrected chi connectivity index (χ2v) is 10.1. The minimum Gasteiger partial charge on any atom is -0.467 e. The van der Waals surface area contributed by atoms with Crippen LogP contribution in [0, 0.1) is 5.92 Å². The molecule has 1 fully saturated rings. The summed E-state index contributed by atoms with van der Waals surface area (Å²) in [6.07, 6.45) is 3.11. The van der Waals surface area contributed by atoms with Gasteiger partial charge in [-0.3, -0.25) is 4.79 Å². The third-order valence-corrected chi connectivity index (χ3v) is 7.85. The third kappa shape index (κ3) is 4.77. The van der Waals surface area contributed by atoms with Crippen molar-refractivity contribution in [1.82, 2.24) is 19.6 Å². The second kappa shape index (κ2) is 9.07. The van der Waals surface area contributed by atoms with Crippen LogP contribution in [0.3, 0.4) is 0 Å². The van der Waals surface area contributed by atoms with E-state index in [9.17, 15) is 13.2 Å². The number of carbonyl (C=O) groups excluding carboxylic acids is 1. The molecule has 1 amide bonds. The standard InChI is InChI=1S/C20H22N4O4S2/c25-18(13-28-20-16-6-1-2-7-17(16)21-14-22-20)24-9-3-5-15(12-24)11-23-30(26,27)19-8-4-10-29-19/h1-2,4,6-8,10,14-15,23H,3,5,9,11-13H2. The molecule has 1 N–H and O–H groups in total. The normalized spacial score (nSPS) is 17.2. The fourth-order valence-electron chi connectivity index (χ4n) is 3.49. The first kappa shape index (κ1) is 20.7. The number of piperidine rings is 1. The second-order valence-electron chi connectivity index (χ2n) is 7.12. The quantitative estimate of drug-likeness (QED) is 0.598. The largest absolute Gasteiger partial charge is 0.467 e. The van der Waals surface area contributed by atoms with E-state index in [1.54, 1.807) is 22.4 Å². The first-order chi connectivity index (χ1) is 14.5. The molecule has 4 rings (SSSR count). The van der Waals surface area contributed by atoms with Crippen molar-refractivity contribution < 1.29 is 17.9 Å². The van der Waals surface area contributed by atoms with Crippen LogP contribution in [0.5, 0.6) is 5.88 Å². The summed E-state index contributed by atoms with van der Waals surface area (Å²) in [6.45, 7) is 1.33. The fraction of sp³-hybridized carbons (Fsp3) is 0.350. The monoisotopic (exact) mass is 446 g/mol. The minimum atomic E-state index is -3.49. The topological polar surface area (TPSA) is 101 Å². The number of amides is 1. The predicted molar refractivity (Wildman–Crippen MR) is 114 cm³/mol. The summed E-state index contributed by atoms with van der Waals surface area (Å²) in [5.41, 5.74) is 0.756. The van der Waals surface area contributed by atoms with E-state index >= 15 is 0 Å². The Morgan fingerprint density at radius 1 is 1.23 bits per heavy atom. The zero-order valence-corrected chi connectivity index (χ0v) is 17.9. The summed E-state index contributed by atoms with van der Waals surface area (Å²) >= 11 is 1.19. The Kier molecular flexibility index (Phi) is 6.26. The van der Waals surface area contributed by atoms with Gasteiger partial charge in [0.2, 0.25) is 15.9 Å². The molecule has 1 saturated heterocycles. The molecule has 3 aromatic rings. The molecule has 10 heteroatoms. The number of carbonyl (C=O) groups is 1. The van der Waals surface area contributed by atoms with Crippen LogP contribution in [0.2, 0.25) is 0 Å². The summed E-state index contributed by atoms with van der Waals surface area (Å²) in [6, 6.07) is 10.8. The van der Waals surface area contributed by atoms with Crippen molar-refractivity contribution in [3.05, 3.63) is 48.1 Å². The number of rotatable bonds is 7. The van der Waals surface area contributed by atoms with Gasteiger partial charge in [-0.25, -0.2) is 23.1 Å². The number of hydrogen-bond acceptors (Lipinski definition) is 7. The molecule has 1 aliphatic heterocycles. The Hall–Kier alpha value is -2.56. The number of likely N-dealkylation sites (tertiary alicyclic amines) is 1. The first-order valence-electron chi connectivity index (χ1n) is 9.66. The maximum absolute atomic E-state index is 12.7. The van der Waals surface area contributed by atoms with Crippen molar-refractivity contribution >= 4 is 38.2 Å². The van der Waals surface area contributed by atoms with Gasteiger partial charge in [0.15, 0.2) is 6.61 Å². The summed E-state index contributed by atoms with van der Waals surface area (Å²) in [5, 5.41) is 2.49. The predicted octanol–water partition coefficient (Wildman–Crippen LogP) is 2.29. The Bertz CT molecular complexity index is 1110. The van der Waals surface area contributed by atoms with Gasteiger partial charge in [-0.2, -0.15) is 0 Å². The molecule has 0 bridgehead atoms. The van der Waals surface area contributed by atoms with Gasteiger partial charge in [-0.05, 0) is 42.3 Å². The van der Waals surface area contributed by atoms with Crippen LogP contribution >= 0.6 is 11.3 Å². The highest BCUT2D eigenvalue weighted by molar-refractivity contribution is 7.91. The average Bonchev–Trinajstić information content (AvgIpc) is 3.32. The lowest BCUT2D eigenvalue weighted by Gasteiger charge is -2.32. The van der Waals surface area contributed by atoms with E-state index in [2.05, 4.69) is 14.7 Å². The van der Waals surface area contributed by atoms with Crippen molar-refractivity contribution in [2.24, 2.45) is 5.92 Å². The molecular formula is C20H22N4O4S2. The molecular weight excluding hydrogens is 424 g/mol. The lowest BCUT2D eigenvalue weighted by molar-refractivity contribution is -0.135. The Morgan fingerprint density at radius 2 is 2.10 bits per heavy atom. The molecule has 30 heavy (non-hydrogen) atoms. The van der Waals surface area contributed by atoms with E-state index in [-0.39, 0.29) is 18.4 Å². The van der Waals surface area contributed by atoms with Gasteiger partial charge < -0.3 is 9.64 Å². The van der Waals surface area contributed by atoms with Crippen molar-refractivity contribution in [1.29, 1.82) is 0 Å². The average molecular weight is 447 g/mol. The van der Waals surface area contributed by atoms with E-state index < -0.39 is 10.0 Å². The number of aromatic nitrogens is 2. The van der Waals surface area contributed by atoms with Crippen molar-refractivity contribution in [2.45, 2.75) is 17.1 Å². The van der Waals surface area contributed by atoms with Crippen LogP contribution < -0.4 is 9.46 Å². The molecule has 3 heterocycles. The van der Waals surface area contributed by atoms with Gasteiger partial charge in [0.1, 0.15) is 10.5 Å². The van der Waals surface area contributed by atoms with Crippen LogP contribution in [0.15, 0.2) is 52.3 Å². The van der Waals surface area contributed by atoms with Gasteiger partial charge in [0.25, 0.3) is 5.91 Å². The summed E-state index contributed by atoms with van der Waals surface area (Å²) in [7, 11) is -3.49. The number of fused-ring (bicyclic) bond motifs is 1. The van der Waals surface area contributed by atoms with E-state index in [4.69, 9.17) is 4.74 Å². The molecule has 1 unspecified atom stereocenters. The lowest BCUT2D eigenvalue weighted by atomic mass is 9.98. The van der Waals surface area contributed by atoms with E-state index in [0.29, 0.717) is 29.7 Å². The fourth-order valence-corrected chi connectivity index (χ4v) is 5.64. The summed E-state index contributed by atoms with van der Waals surface area (Å²) in [5.74, 6) is 0.312. The van der Waals surface area contributed by atoms with Gasteiger partial charge in [-0.1, -0.05) is 18.2 Å². The summed E-state index contributed by atoms with van der Waals surface area (Å²) < 4.78 is 33.3. The molecule has 0 saturated carbocycles. The molecule has 0 spiro atoms. The smallest absolute Gasteiger partial charge is 0.260 e. The number of benzene rings is 1. The molecule has 2 aromatic heterocycles. The maximum Gasteiger partial charge on any atom is 0.260 e. The van der Waals surface area contributed by atoms with Gasteiger partial charge in [-0.15, -0.1) is 11.3 Å². The number of ether oxygens (including phenoxy) is 1. The van der Waals surface area contributed by atoms with E-state index in [1.807, 2.05) is 24.3 Å². The van der Waals surface area contributed by atoms with Crippen molar-refractivity contribution in [3.63, 3.8) is 0 Å². The maximum atomic E-state index is 12.7. The zero-order valence-electron chi connectivity index (χ0n) is 16.2. The Balaban J connectivity index is 1.32. The van der Waals surface area contributed by atoms with Crippen LogP contribution in [-0.4, -0.2) is 55.4 Å². The Morgan fingerprint density at radius 3 is 2.93 bits per heavy atom. The zero-order chi connectivity index (χ0) is 21.0. The van der Waals surface area contributed by atoms with Crippen LogP contribution in [-0.2, 0) is 14.8 Å².